The minimum Gasteiger partial charge on any atom is -0.344 e. The maximum Gasteiger partial charge on any atom is 0.280 e. The predicted molar refractivity (Wildman–Crippen MR) is 89.4 cm³/mol. The smallest absolute Gasteiger partial charge is 0.280 e. The van der Waals surface area contributed by atoms with Crippen LogP contribution in [-0.4, -0.2) is 69.6 Å². The zero-order valence-electron chi connectivity index (χ0n) is 14.6. The molecule has 1 atom stereocenters. The van der Waals surface area contributed by atoms with Gasteiger partial charge in [-0.25, -0.2) is 4.39 Å². The number of amides is 2. The summed E-state index contributed by atoms with van der Waals surface area (Å²) < 4.78 is 12.9. The zero-order valence-corrected chi connectivity index (χ0v) is 14.6. The molecule has 2 rings (SSSR count). The van der Waals surface area contributed by atoms with Gasteiger partial charge in [-0.05, 0) is 31.2 Å². The molecule has 0 radical (unpaired) electrons. The van der Waals surface area contributed by atoms with E-state index in [1.54, 1.807) is 31.1 Å². The molecule has 3 N–H and O–H groups in total. The van der Waals surface area contributed by atoms with E-state index in [2.05, 4.69) is 5.32 Å². The molecule has 0 spiro atoms. The molecular weight excluding hydrogens is 311 g/mol. The van der Waals surface area contributed by atoms with Gasteiger partial charge in [0.25, 0.3) is 11.8 Å². The maximum absolute atomic E-state index is 12.9. The van der Waals surface area contributed by atoms with Crippen LogP contribution in [0.5, 0.6) is 0 Å². The van der Waals surface area contributed by atoms with Crippen LogP contribution >= 0.6 is 0 Å². The highest BCUT2D eigenvalue weighted by molar-refractivity contribution is 5.91. The molecule has 1 fully saturated rings. The normalized spacial score (nSPS) is 21.8. The number of hydrogen-bond acceptors (Lipinski definition) is 2. The highest BCUT2D eigenvalue weighted by atomic mass is 19.1. The maximum atomic E-state index is 12.9. The van der Waals surface area contributed by atoms with E-state index in [1.165, 1.54) is 21.9 Å². The number of likely N-dealkylation sites (N-methyl/N-ethyl adjacent to an activating group) is 1. The average molecular weight is 338 g/mol. The van der Waals surface area contributed by atoms with Gasteiger partial charge in [0.05, 0.1) is 0 Å². The number of nitrogens with zero attached hydrogens (tertiary/aromatic N) is 1. The molecule has 1 aliphatic rings. The Balaban J connectivity index is 1.77. The monoisotopic (exact) mass is 338 g/mol. The molecule has 1 aromatic rings. The van der Waals surface area contributed by atoms with Gasteiger partial charge in [-0.1, -0.05) is 0 Å². The number of benzene rings is 1. The van der Waals surface area contributed by atoms with Crippen LogP contribution in [0.25, 0.3) is 0 Å². The lowest BCUT2D eigenvalue weighted by Gasteiger charge is -2.33. The van der Waals surface area contributed by atoms with Crippen molar-refractivity contribution in [3.05, 3.63) is 30.1 Å². The fourth-order valence-electron chi connectivity index (χ4n) is 3.06. The van der Waals surface area contributed by atoms with E-state index in [0.29, 0.717) is 12.2 Å². The Morgan fingerprint density at radius 2 is 1.75 bits per heavy atom. The van der Waals surface area contributed by atoms with Gasteiger partial charge in [0, 0.05) is 19.8 Å². The SMILES string of the molecule is C[C@H](C(=O)N(C)C)[NH+]1CC[NH+](CC(=O)Nc2ccc(F)cc2)CC1. The summed E-state index contributed by atoms with van der Waals surface area (Å²) in [5.74, 6) is -0.251. The van der Waals surface area contributed by atoms with Crippen molar-refractivity contribution in [2.24, 2.45) is 0 Å². The van der Waals surface area contributed by atoms with E-state index in [1.807, 2.05) is 6.92 Å². The van der Waals surface area contributed by atoms with Crippen LogP contribution in [0.3, 0.4) is 0 Å². The van der Waals surface area contributed by atoms with Crippen molar-refractivity contribution < 1.29 is 23.8 Å². The zero-order chi connectivity index (χ0) is 17.7. The largest absolute Gasteiger partial charge is 0.344 e. The van der Waals surface area contributed by atoms with Crippen LogP contribution in [0.4, 0.5) is 10.1 Å². The van der Waals surface area contributed by atoms with Crippen molar-refractivity contribution in [2.75, 3.05) is 52.1 Å². The molecule has 7 heteroatoms. The number of quaternary nitrogens is 2. The lowest BCUT2D eigenvalue weighted by atomic mass is 10.2. The van der Waals surface area contributed by atoms with Crippen LogP contribution in [0.1, 0.15) is 6.92 Å². The fraction of sp³-hybridized carbons (Fsp3) is 0.529. The lowest BCUT2D eigenvalue weighted by Crippen LogP contribution is -3.30. The number of halogens is 1. The van der Waals surface area contributed by atoms with Crippen molar-refractivity contribution in [1.82, 2.24) is 4.90 Å². The van der Waals surface area contributed by atoms with Crippen LogP contribution in [0.15, 0.2) is 24.3 Å². The molecule has 1 saturated heterocycles. The molecule has 1 aromatic carbocycles. The molecule has 1 heterocycles. The summed E-state index contributed by atoms with van der Waals surface area (Å²) in [5.41, 5.74) is 0.607. The summed E-state index contributed by atoms with van der Waals surface area (Å²) in [6.45, 7) is 5.82. The molecule has 1 aliphatic heterocycles. The van der Waals surface area contributed by atoms with E-state index in [0.717, 1.165) is 26.2 Å². The summed E-state index contributed by atoms with van der Waals surface area (Å²) in [6.07, 6.45) is 0. The summed E-state index contributed by atoms with van der Waals surface area (Å²) >= 11 is 0. The van der Waals surface area contributed by atoms with Crippen LogP contribution in [0.2, 0.25) is 0 Å². The van der Waals surface area contributed by atoms with Gasteiger partial charge in [-0.2, -0.15) is 0 Å². The third kappa shape index (κ3) is 5.01. The molecule has 0 aromatic heterocycles. The van der Waals surface area contributed by atoms with E-state index < -0.39 is 0 Å². The Labute approximate surface area is 142 Å². The van der Waals surface area contributed by atoms with Crippen molar-refractivity contribution >= 4 is 17.5 Å². The van der Waals surface area contributed by atoms with Gasteiger partial charge in [-0.3, -0.25) is 9.59 Å². The Bertz CT molecular complexity index is 568. The van der Waals surface area contributed by atoms with Gasteiger partial charge < -0.3 is 20.0 Å². The highest BCUT2D eigenvalue weighted by Crippen LogP contribution is 2.07. The van der Waals surface area contributed by atoms with E-state index >= 15 is 0 Å². The molecule has 0 aliphatic carbocycles. The van der Waals surface area contributed by atoms with Gasteiger partial charge in [0.15, 0.2) is 12.6 Å². The topological polar surface area (TPSA) is 58.3 Å². The average Bonchev–Trinajstić information content (AvgIpc) is 2.56. The molecule has 6 nitrogen and oxygen atoms in total. The minimum absolute atomic E-state index is 0.0467. The molecule has 0 bridgehead atoms. The van der Waals surface area contributed by atoms with E-state index in [9.17, 15) is 14.0 Å². The Kier molecular flexibility index (Phi) is 6.28. The Hall–Kier alpha value is -1.99. The minimum atomic E-state index is -0.320. The van der Waals surface area contributed by atoms with Crippen LogP contribution in [-0.2, 0) is 9.59 Å². The molecule has 0 unspecified atom stereocenters. The Morgan fingerprint density at radius 3 is 2.29 bits per heavy atom. The van der Waals surface area contributed by atoms with Crippen LogP contribution < -0.4 is 15.1 Å². The standard InChI is InChI=1S/C17H25FN4O2/c1-13(17(24)20(2)3)22-10-8-21(9-11-22)12-16(23)19-15-6-4-14(18)5-7-15/h4-7,13H,8-12H2,1-3H3,(H,19,23)/p+2/t13-/m1/s1. The first-order valence-corrected chi connectivity index (χ1v) is 8.31. The molecular formula is C17H27FN4O2+2. The van der Waals surface area contributed by atoms with Crippen molar-refractivity contribution in [3.8, 4) is 0 Å². The summed E-state index contributed by atoms with van der Waals surface area (Å²) in [4.78, 5) is 28.2. The van der Waals surface area contributed by atoms with Gasteiger partial charge in [0.2, 0.25) is 0 Å². The molecule has 2 amide bonds. The summed E-state index contributed by atoms with van der Waals surface area (Å²) in [6, 6.07) is 5.72. The fourth-order valence-corrected chi connectivity index (χ4v) is 3.06. The third-order valence-electron chi connectivity index (χ3n) is 4.56. The van der Waals surface area contributed by atoms with Crippen molar-refractivity contribution in [1.29, 1.82) is 0 Å². The first kappa shape index (κ1) is 18.4. The van der Waals surface area contributed by atoms with Crippen molar-refractivity contribution in [2.45, 2.75) is 13.0 Å². The molecule has 132 valence electrons. The summed E-state index contributed by atoms with van der Waals surface area (Å²) in [5, 5.41) is 2.79. The number of carbonyl (C=O) groups is 2. The first-order chi connectivity index (χ1) is 11.4. The van der Waals surface area contributed by atoms with Gasteiger partial charge in [-0.15, -0.1) is 0 Å². The first-order valence-electron chi connectivity index (χ1n) is 8.31. The number of rotatable bonds is 5. The van der Waals surface area contributed by atoms with Crippen LogP contribution in [0, 0.1) is 5.82 Å². The summed E-state index contributed by atoms with van der Waals surface area (Å²) in [7, 11) is 3.55. The number of hydrogen-bond donors (Lipinski definition) is 3. The van der Waals surface area contributed by atoms with Crippen molar-refractivity contribution in [3.63, 3.8) is 0 Å². The number of carbonyl (C=O) groups excluding carboxylic acids is 2. The molecule has 24 heavy (non-hydrogen) atoms. The van der Waals surface area contributed by atoms with E-state index in [-0.39, 0.29) is 23.7 Å². The second-order valence-corrected chi connectivity index (χ2v) is 6.59. The lowest BCUT2D eigenvalue weighted by molar-refractivity contribution is -1.01. The quantitative estimate of drug-likeness (QED) is 0.583. The van der Waals surface area contributed by atoms with Gasteiger partial charge in [0.1, 0.15) is 32.0 Å². The number of piperazine rings is 1. The number of anilines is 1. The van der Waals surface area contributed by atoms with Gasteiger partial charge >= 0.3 is 0 Å². The van der Waals surface area contributed by atoms with E-state index in [4.69, 9.17) is 0 Å². The second kappa shape index (κ2) is 8.21. The predicted octanol–water partition coefficient (Wildman–Crippen LogP) is -1.98. The number of nitrogens with one attached hydrogen (secondary N) is 3. The second-order valence-electron chi connectivity index (χ2n) is 6.59. The third-order valence-corrected chi connectivity index (χ3v) is 4.56. The highest BCUT2D eigenvalue weighted by Gasteiger charge is 2.32. The molecule has 0 saturated carbocycles. The Morgan fingerprint density at radius 1 is 1.17 bits per heavy atom.